The predicted molar refractivity (Wildman–Crippen MR) is 119 cm³/mol. The first-order valence-electron chi connectivity index (χ1n) is 9.26. The minimum absolute atomic E-state index is 0.0742. The minimum Gasteiger partial charge on any atom is -0.495 e. The van der Waals surface area contributed by atoms with Crippen LogP contribution in [0.1, 0.15) is 30.5 Å². The van der Waals surface area contributed by atoms with Crippen molar-refractivity contribution in [2.45, 2.75) is 44.4 Å². The number of ether oxygens (including phenoxy) is 1. The first kappa shape index (κ1) is 23.3. The third-order valence-electron chi connectivity index (χ3n) is 3.93. The van der Waals surface area contributed by atoms with Gasteiger partial charge in [0.1, 0.15) is 5.75 Å². The Kier molecular flexibility index (Phi) is 8.13. The molecule has 0 saturated heterocycles. The summed E-state index contributed by atoms with van der Waals surface area (Å²) < 4.78 is 32.6. The summed E-state index contributed by atoms with van der Waals surface area (Å²) in [5.74, 6) is 1.15. The Morgan fingerprint density at radius 3 is 2.34 bits per heavy atom. The zero-order valence-corrected chi connectivity index (χ0v) is 19.0. The lowest BCUT2D eigenvalue weighted by atomic mass is 10.1. The zero-order valence-electron chi connectivity index (χ0n) is 17.4. The van der Waals surface area contributed by atoms with Crippen LogP contribution in [0.4, 0.5) is 5.69 Å². The van der Waals surface area contributed by atoms with Gasteiger partial charge in [-0.15, -0.1) is 11.8 Å². The second-order valence-electron chi connectivity index (χ2n) is 7.18. The van der Waals surface area contributed by atoms with E-state index in [0.29, 0.717) is 11.4 Å². The van der Waals surface area contributed by atoms with Crippen molar-refractivity contribution in [2.24, 2.45) is 0 Å². The van der Waals surface area contributed by atoms with E-state index in [0.717, 1.165) is 5.75 Å². The smallest absolute Gasteiger partial charge is 0.240 e. The number of sulfonamides is 1. The monoisotopic (exact) mass is 436 g/mol. The number of thioether (sulfide) groups is 1. The lowest BCUT2D eigenvalue weighted by molar-refractivity contribution is -0.113. The number of hydrogen-bond donors (Lipinski definition) is 2. The van der Waals surface area contributed by atoms with Crippen LogP contribution in [0.25, 0.3) is 0 Å². The largest absolute Gasteiger partial charge is 0.495 e. The number of nitrogens with one attached hydrogen (secondary N) is 2. The normalized spacial score (nSPS) is 11.5. The third-order valence-corrected chi connectivity index (χ3v) is 6.59. The molecule has 0 spiro atoms. The van der Waals surface area contributed by atoms with E-state index in [1.54, 1.807) is 13.8 Å². The van der Waals surface area contributed by atoms with Gasteiger partial charge in [0, 0.05) is 11.8 Å². The zero-order chi connectivity index (χ0) is 21.6. The number of methoxy groups -OCH3 is 1. The summed E-state index contributed by atoms with van der Waals surface area (Å²) in [6.07, 6.45) is 0. The molecule has 8 heteroatoms. The topological polar surface area (TPSA) is 84.5 Å². The molecule has 2 aromatic rings. The lowest BCUT2D eigenvalue weighted by Gasteiger charge is -2.14. The van der Waals surface area contributed by atoms with Gasteiger partial charge in [-0.2, -0.15) is 0 Å². The molecule has 0 bridgehead atoms. The fraction of sp³-hybridized carbons (Fsp3) is 0.381. The van der Waals surface area contributed by atoms with Crippen LogP contribution < -0.4 is 14.8 Å². The molecule has 158 valence electrons. The molecule has 0 unspecified atom stereocenters. The number of benzene rings is 2. The first-order chi connectivity index (χ1) is 13.6. The van der Waals surface area contributed by atoms with Gasteiger partial charge in [0.05, 0.1) is 23.4 Å². The lowest BCUT2D eigenvalue weighted by Crippen LogP contribution is -2.30. The molecular weight excluding hydrogens is 408 g/mol. The van der Waals surface area contributed by atoms with Gasteiger partial charge in [-0.1, -0.05) is 29.3 Å². The Bertz CT molecular complexity index is 952. The number of rotatable bonds is 9. The number of carbonyl (C=O) groups is 1. The van der Waals surface area contributed by atoms with Gasteiger partial charge < -0.3 is 10.1 Å². The molecule has 6 nitrogen and oxygen atoms in total. The van der Waals surface area contributed by atoms with Crippen LogP contribution in [0.15, 0.2) is 41.3 Å². The highest BCUT2D eigenvalue weighted by Crippen LogP contribution is 2.28. The summed E-state index contributed by atoms with van der Waals surface area (Å²) >= 11 is 1.50. The molecule has 0 aliphatic rings. The van der Waals surface area contributed by atoms with Crippen LogP contribution in [-0.4, -0.2) is 33.2 Å². The fourth-order valence-electron chi connectivity index (χ4n) is 2.93. The Labute approximate surface area is 177 Å². The minimum atomic E-state index is -3.67. The van der Waals surface area contributed by atoms with Gasteiger partial charge in [-0.3, -0.25) is 4.79 Å². The third kappa shape index (κ3) is 7.06. The summed E-state index contributed by atoms with van der Waals surface area (Å²) in [5, 5.41) is 2.76. The standard InChI is InChI=1S/C21H28N2O4S2/c1-14(2)23-29(25,26)18-6-7-20(27-5)19(11-18)22-21(24)13-28-12-17-9-15(3)8-16(4)10-17/h6-11,14,23H,12-13H2,1-5H3,(H,22,24). The molecule has 1 amide bonds. The SMILES string of the molecule is COc1ccc(S(=O)(=O)NC(C)C)cc1NC(=O)CSCc1cc(C)cc(C)c1. The summed E-state index contributed by atoms with van der Waals surface area (Å²) in [7, 11) is -2.19. The molecule has 0 aliphatic heterocycles. The van der Waals surface area contributed by atoms with Crippen molar-refractivity contribution >= 4 is 33.4 Å². The van der Waals surface area contributed by atoms with Crippen LogP contribution in [0.5, 0.6) is 5.75 Å². The summed E-state index contributed by atoms with van der Waals surface area (Å²) in [6, 6.07) is 10.5. The van der Waals surface area contributed by atoms with Crippen molar-refractivity contribution in [1.82, 2.24) is 4.72 Å². The van der Waals surface area contributed by atoms with Crippen molar-refractivity contribution in [3.05, 3.63) is 53.1 Å². The maximum atomic E-state index is 12.4. The van der Waals surface area contributed by atoms with E-state index in [2.05, 4.69) is 42.1 Å². The molecular formula is C21H28N2O4S2. The van der Waals surface area contributed by atoms with Crippen LogP contribution in [0.2, 0.25) is 0 Å². The predicted octanol–water partition coefficient (Wildman–Crippen LogP) is 3.87. The van der Waals surface area contributed by atoms with E-state index in [4.69, 9.17) is 4.74 Å². The molecule has 0 aromatic heterocycles. The van der Waals surface area contributed by atoms with E-state index >= 15 is 0 Å². The van der Waals surface area contributed by atoms with Crippen molar-refractivity contribution in [3.63, 3.8) is 0 Å². The number of hydrogen-bond acceptors (Lipinski definition) is 5. The number of anilines is 1. The maximum absolute atomic E-state index is 12.4. The number of aryl methyl sites for hydroxylation is 2. The highest BCUT2D eigenvalue weighted by Gasteiger charge is 2.18. The fourth-order valence-corrected chi connectivity index (χ4v) is 4.97. The van der Waals surface area contributed by atoms with Crippen molar-refractivity contribution < 1.29 is 17.9 Å². The molecule has 2 aromatic carbocycles. The first-order valence-corrected chi connectivity index (χ1v) is 11.9. The molecule has 0 heterocycles. The van der Waals surface area contributed by atoms with Gasteiger partial charge in [0.25, 0.3) is 0 Å². The number of amides is 1. The Morgan fingerprint density at radius 2 is 1.76 bits per heavy atom. The highest BCUT2D eigenvalue weighted by molar-refractivity contribution is 7.99. The van der Waals surface area contributed by atoms with E-state index in [-0.39, 0.29) is 22.6 Å². The molecule has 2 rings (SSSR count). The van der Waals surface area contributed by atoms with E-state index in [1.807, 2.05) is 0 Å². The van der Waals surface area contributed by atoms with Crippen LogP contribution in [-0.2, 0) is 20.6 Å². The number of carbonyl (C=O) groups excluding carboxylic acids is 1. The summed E-state index contributed by atoms with van der Waals surface area (Å²) in [5.41, 5.74) is 3.90. The van der Waals surface area contributed by atoms with Crippen molar-refractivity contribution in [1.29, 1.82) is 0 Å². The van der Waals surface area contributed by atoms with Crippen LogP contribution in [0, 0.1) is 13.8 Å². The molecule has 0 saturated carbocycles. The van der Waals surface area contributed by atoms with Gasteiger partial charge in [0.15, 0.2) is 0 Å². The van der Waals surface area contributed by atoms with Crippen LogP contribution >= 0.6 is 11.8 Å². The molecule has 0 atom stereocenters. The summed E-state index contributed by atoms with van der Waals surface area (Å²) in [4.78, 5) is 12.5. The Hall–Kier alpha value is -2.03. The highest BCUT2D eigenvalue weighted by atomic mass is 32.2. The second kappa shape index (κ2) is 10.1. The second-order valence-corrected chi connectivity index (χ2v) is 9.87. The van der Waals surface area contributed by atoms with Gasteiger partial charge in [0.2, 0.25) is 15.9 Å². The van der Waals surface area contributed by atoms with E-state index < -0.39 is 10.0 Å². The van der Waals surface area contributed by atoms with Gasteiger partial charge in [-0.05, 0) is 51.5 Å². The molecule has 0 radical (unpaired) electrons. The molecule has 29 heavy (non-hydrogen) atoms. The van der Waals surface area contributed by atoms with Gasteiger partial charge in [-0.25, -0.2) is 13.1 Å². The maximum Gasteiger partial charge on any atom is 0.240 e. The quantitative estimate of drug-likeness (QED) is 0.623. The van der Waals surface area contributed by atoms with E-state index in [1.165, 1.54) is 53.8 Å². The average Bonchev–Trinajstić information content (AvgIpc) is 2.59. The summed E-state index contributed by atoms with van der Waals surface area (Å²) in [6.45, 7) is 7.60. The van der Waals surface area contributed by atoms with Crippen molar-refractivity contribution in [2.75, 3.05) is 18.2 Å². The van der Waals surface area contributed by atoms with Crippen molar-refractivity contribution in [3.8, 4) is 5.75 Å². The average molecular weight is 437 g/mol. The van der Waals surface area contributed by atoms with Gasteiger partial charge >= 0.3 is 0 Å². The Morgan fingerprint density at radius 1 is 1.10 bits per heavy atom. The molecule has 2 N–H and O–H groups in total. The Balaban J connectivity index is 2.05. The molecule has 0 aliphatic carbocycles. The van der Waals surface area contributed by atoms with E-state index in [9.17, 15) is 13.2 Å². The molecule has 0 fully saturated rings. The van der Waals surface area contributed by atoms with Crippen LogP contribution in [0.3, 0.4) is 0 Å².